The van der Waals surface area contributed by atoms with Crippen molar-refractivity contribution in [3.05, 3.63) is 67.1 Å². The van der Waals surface area contributed by atoms with Gasteiger partial charge in [-0.1, -0.05) is 6.07 Å². The second-order valence-corrected chi connectivity index (χ2v) is 3.96. The van der Waals surface area contributed by atoms with Crippen molar-refractivity contribution in [1.82, 2.24) is 9.55 Å². The van der Waals surface area contributed by atoms with Crippen LogP contribution in [0.5, 0.6) is 0 Å². The van der Waals surface area contributed by atoms with Crippen LogP contribution in [0.2, 0.25) is 0 Å². The Morgan fingerprint density at radius 1 is 1.17 bits per heavy atom. The summed E-state index contributed by atoms with van der Waals surface area (Å²) < 4.78 is 7.25. The van der Waals surface area contributed by atoms with Gasteiger partial charge in [-0.05, 0) is 30.3 Å². The SMILES string of the molecule is c1cc(NCc2cnco2)cc(-n2cccc2)c1. The molecule has 1 aromatic carbocycles. The minimum Gasteiger partial charge on any atom is -0.447 e. The van der Waals surface area contributed by atoms with E-state index in [0.29, 0.717) is 6.54 Å². The summed E-state index contributed by atoms with van der Waals surface area (Å²) in [6.45, 7) is 0.634. The highest BCUT2D eigenvalue weighted by atomic mass is 16.3. The first-order valence-electron chi connectivity index (χ1n) is 5.76. The molecule has 4 heteroatoms. The van der Waals surface area contributed by atoms with Crippen molar-refractivity contribution in [3.63, 3.8) is 0 Å². The van der Waals surface area contributed by atoms with Gasteiger partial charge in [0.05, 0.1) is 12.7 Å². The van der Waals surface area contributed by atoms with Crippen LogP contribution < -0.4 is 5.32 Å². The molecule has 0 aliphatic rings. The molecule has 0 saturated carbocycles. The van der Waals surface area contributed by atoms with E-state index in [1.54, 1.807) is 6.20 Å². The molecule has 18 heavy (non-hydrogen) atoms. The van der Waals surface area contributed by atoms with Crippen LogP contribution in [-0.2, 0) is 6.54 Å². The molecule has 3 rings (SSSR count). The average molecular weight is 239 g/mol. The van der Waals surface area contributed by atoms with Crippen LogP contribution in [0.15, 0.2) is 65.8 Å². The average Bonchev–Trinajstić information content (AvgIpc) is 3.10. The Morgan fingerprint density at radius 3 is 2.83 bits per heavy atom. The van der Waals surface area contributed by atoms with Crippen molar-refractivity contribution in [2.45, 2.75) is 6.54 Å². The summed E-state index contributed by atoms with van der Waals surface area (Å²) >= 11 is 0. The topological polar surface area (TPSA) is 43.0 Å². The summed E-state index contributed by atoms with van der Waals surface area (Å²) in [7, 11) is 0. The predicted octanol–water partition coefficient (Wildman–Crippen LogP) is 3.08. The Labute approximate surface area is 105 Å². The number of nitrogens with one attached hydrogen (secondary N) is 1. The first kappa shape index (κ1) is 10.7. The van der Waals surface area contributed by atoms with Gasteiger partial charge in [-0.15, -0.1) is 0 Å². The molecular weight excluding hydrogens is 226 g/mol. The van der Waals surface area contributed by atoms with Crippen LogP contribution in [0.4, 0.5) is 5.69 Å². The van der Waals surface area contributed by atoms with E-state index >= 15 is 0 Å². The molecule has 0 radical (unpaired) electrons. The summed E-state index contributed by atoms with van der Waals surface area (Å²) in [5.41, 5.74) is 2.18. The van der Waals surface area contributed by atoms with Crippen molar-refractivity contribution < 1.29 is 4.42 Å². The smallest absolute Gasteiger partial charge is 0.180 e. The minimum atomic E-state index is 0.634. The molecule has 0 amide bonds. The van der Waals surface area contributed by atoms with Crippen LogP contribution in [0, 0.1) is 0 Å². The van der Waals surface area contributed by atoms with Gasteiger partial charge in [0.15, 0.2) is 6.39 Å². The Kier molecular flexibility index (Phi) is 2.84. The highest BCUT2D eigenvalue weighted by Crippen LogP contribution is 2.15. The molecule has 1 N–H and O–H groups in total. The summed E-state index contributed by atoms with van der Waals surface area (Å²) in [6, 6.07) is 12.2. The molecule has 0 aliphatic carbocycles. The summed E-state index contributed by atoms with van der Waals surface area (Å²) in [5, 5.41) is 3.30. The van der Waals surface area contributed by atoms with E-state index in [1.807, 2.05) is 36.7 Å². The zero-order valence-corrected chi connectivity index (χ0v) is 9.78. The normalized spacial score (nSPS) is 10.4. The summed E-state index contributed by atoms with van der Waals surface area (Å²) in [4.78, 5) is 3.88. The van der Waals surface area contributed by atoms with E-state index in [1.165, 1.54) is 6.39 Å². The van der Waals surface area contributed by atoms with Gasteiger partial charge in [0.2, 0.25) is 0 Å². The molecule has 3 aromatic rings. The van der Waals surface area contributed by atoms with Gasteiger partial charge in [-0.25, -0.2) is 4.98 Å². The number of rotatable bonds is 4. The van der Waals surface area contributed by atoms with E-state index in [0.717, 1.165) is 17.1 Å². The number of benzene rings is 1. The van der Waals surface area contributed by atoms with Gasteiger partial charge in [0, 0.05) is 23.8 Å². The van der Waals surface area contributed by atoms with E-state index < -0.39 is 0 Å². The number of anilines is 1. The van der Waals surface area contributed by atoms with Gasteiger partial charge >= 0.3 is 0 Å². The number of nitrogens with zero attached hydrogens (tertiary/aromatic N) is 2. The van der Waals surface area contributed by atoms with Gasteiger partial charge in [0.25, 0.3) is 0 Å². The van der Waals surface area contributed by atoms with Gasteiger partial charge in [-0.2, -0.15) is 0 Å². The molecule has 0 atom stereocenters. The summed E-state index contributed by atoms with van der Waals surface area (Å²) in [5.74, 6) is 0.821. The second-order valence-electron chi connectivity index (χ2n) is 3.96. The monoisotopic (exact) mass is 239 g/mol. The maximum Gasteiger partial charge on any atom is 0.180 e. The van der Waals surface area contributed by atoms with Gasteiger partial charge in [0.1, 0.15) is 5.76 Å². The van der Waals surface area contributed by atoms with Crippen LogP contribution in [0.3, 0.4) is 0 Å². The van der Waals surface area contributed by atoms with Crippen molar-refractivity contribution in [3.8, 4) is 5.69 Å². The second kappa shape index (κ2) is 4.79. The lowest BCUT2D eigenvalue weighted by Crippen LogP contribution is -1.99. The molecule has 4 nitrogen and oxygen atoms in total. The van der Waals surface area contributed by atoms with E-state index in [-0.39, 0.29) is 0 Å². The van der Waals surface area contributed by atoms with Gasteiger partial charge in [-0.3, -0.25) is 0 Å². The third-order valence-electron chi connectivity index (χ3n) is 2.70. The zero-order valence-electron chi connectivity index (χ0n) is 9.78. The lowest BCUT2D eigenvalue weighted by Gasteiger charge is -2.07. The highest BCUT2D eigenvalue weighted by Gasteiger charge is 1.99. The maximum absolute atomic E-state index is 5.18. The fourth-order valence-corrected chi connectivity index (χ4v) is 1.80. The van der Waals surface area contributed by atoms with Crippen LogP contribution in [0.25, 0.3) is 5.69 Å². The summed E-state index contributed by atoms with van der Waals surface area (Å²) in [6.07, 6.45) is 7.20. The van der Waals surface area contributed by atoms with Gasteiger partial charge < -0.3 is 14.3 Å². The molecule has 90 valence electrons. The van der Waals surface area contributed by atoms with Crippen molar-refractivity contribution in [1.29, 1.82) is 0 Å². The van der Waals surface area contributed by atoms with E-state index in [2.05, 4.69) is 27.0 Å². The number of hydrogen-bond donors (Lipinski definition) is 1. The van der Waals surface area contributed by atoms with Crippen molar-refractivity contribution in [2.24, 2.45) is 0 Å². The third-order valence-corrected chi connectivity index (χ3v) is 2.70. The lowest BCUT2D eigenvalue weighted by atomic mass is 10.2. The molecule has 0 spiro atoms. The molecule has 0 unspecified atom stereocenters. The molecular formula is C14H13N3O. The van der Waals surface area contributed by atoms with Crippen LogP contribution in [0.1, 0.15) is 5.76 Å². The highest BCUT2D eigenvalue weighted by molar-refractivity contribution is 5.51. The molecule has 2 aromatic heterocycles. The zero-order chi connectivity index (χ0) is 12.2. The van der Waals surface area contributed by atoms with E-state index in [9.17, 15) is 0 Å². The third kappa shape index (κ3) is 2.27. The molecule has 2 heterocycles. The fourth-order valence-electron chi connectivity index (χ4n) is 1.80. The molecule has 0 saturated heterocycles. The van der Waals surface area contributed by atoms with Crippen LogP contribution in [-0.4, -0.2) is 9.55 Å². The lowest BCUT2D eigenvalue weighted by molar-refractivity contribution is 0.512. The fraction of sp³-hybridized carbons (Fsp3) is 0.0714. The molecule has 0 bridgehead atoms. The number of hydrogen-bond acceptors (Lipinski definition) is 3. The quantitative estimate of drug-likeness (QED) is 0.760. The van der Waals surface area contributed by atoms with E-state index in [4.69, 9.17) is 4.42 Å². The Balaban J connectivity index is 1.75. The number of oxazole rings is 1. The number of aromatic nitrogens is 2. The Morgan fingerprint density at radius 2 is 2.06 bits per heavy atom. The van der Waals surface area contributed by atoms with Crippen molar-refractivity contribution >= 4 is 5.69 Å². The predicted molar refractivity (Wildman–Crippen MR) is 69.6 cm³/mol. The molecule has 0 aliphatic heterocycles. The van der Waals surface area contributed by atoms with Crippen molar-refractivity contribution in [2.75, 3.05) is 5.32 Å². The molecule has 0 fully saturated rings. The maximum atomic E-state index is 5.18. The first-order valence-corrected chi connectivity index (χ1v) is 5.76. The Hall–Kier alpha value is -2.49. The standard InChI is InChI=1S/C14H13N3O/c1-2-7-17(6-1)13-5-3-4-12(8-13)16-10-14-9-15-11-18-14/h1-9,11,16H,10H2. The van der Waals surface area contributed by atoms with Crippen LogP contribution >= 0.6 is 0 Å². The first-order chi connectivity index (χ1) is 8.92. The minimum absolute atomic E-state index is 0.634. The largest absolute Gasteiger partial charge is 0.447 e. The Bertz CT molecular complexity index is 600.